The van der Waals surface area contributed by atoms with Crippen LogP contribution in [0.5, 0.6) is 0 Å². The monoisotopic (exact) mass is 728 g/mol. The van der Waals surface area contributed by atoms with Gasteiger partial charge in [0.1, 0.15) is 6.17 Å². The SMILES string of the molecule is CCC1=C(CNC(=O)c2ccc(C(=O)NCc3c(CC)nc4c(cnn4CC)c3NC3CCOCC3)o2)C(=NC2CCOCC2)C2C=NN(CC)C2N1. The lowest BCUT2D eigenvalue weighted by atomic mass is 9.88. The summed E-state index contributed by atoms with van der Waals surface area (Å²) < 4.78 is 18.9. The molecule has 2 fully saturated rings. The minimum absolute atomic E-state index is 0.00647. The van der Waals surface area contributed by atoms with Crippen molar-refractivity contribution in [3.63, 3.8) is 0 Å². The number of furan rings is 1. The molecule has 0 saturated carbocycles. The molecule has 3 aromatic rings. The normalized spacial score (nSPS) is 21.7. The summed E-state index contributed by atoms with van der Waals surface area (Å²) in [6, 6.07) is 3.47. The van der Waals surface area contributed by atoms with Crippen molar-refractivity contribution in [3.8, 4) is 0 Å². The highest BCUT2D eigenvalue weighted by Crippen LogP contribution is 2.32. The summed E-state index contributed by atoms with van der Waals surface area (Å²) in [7, 11) is 0. The van der Waals surface area contributed by atoms with E-state index in [1.54, 1.807) is 0 Å². The van der Waals surface area contributed by atoms with Gasteiger partial charge in [-0.05, 0) is 64.5 Å². The summed E-state index contributed by atoms with van der Waals surface area (Å²) in [6.45, 7) is 13.0. The number of carbonyl (C=O) groups is 2. The van der Waals surface area contributed by atoms with Crippen LogP contribution in [-0.4, -0.2) is 101 Å². The first-order valence-corrected chi connectivity index (χ1v) is 19.2. The summed E-state index contributed by atoms with van der Waals surface area (Å²) in [5.74, 6) is -0.743. The van der Waals surface area contributed by atoms with E-state index in [0.29, 0.717) is 39.4 Å². The molecule has 2 unspecified atom stereocenters. The van der Waals surface area contributed by atoms with Gasteiger partial charge in [0.05, 0.1) is 34.9 Å². The number of hydrogen-bond donors (Lipinski definition) is 4. The van der Waals surface area contributed by atoms with Gasteiger partial charge in [0.2, 0.25) is 0 Å². The van der Waals surface area contributed by atoms with E-state index in [1.165, 1.54) is 12.1 Å². The lowest BCUT2D eigenvalue weighted by Crippen LogP contribution is -2.52. The van der Waals surface area contributed by atoms with Crippen molar-refractivity contribution in [2.75, 3.05) is 44.8 Å². The zero-order valence-corrected chi connectivity index (χ0v) is 31.2. The van der Waals surface area contributed by atoms with Gasteiger partial charge in [-0.2, -0.15) is 10.2 Å². The van der Waals surface area contributed by atoms with Crippen LogP contribution in [0, 0.1) is 5.92 Å². The third-order valence-electron chi connectivity index (χ3n) is 10.6. The van der Waals surface area contributed by atoms with E-state index in [0.717, 1.165) is 83.6 Å². The number of fused-ring (bicyclic) bond motifs is 2. The number of pyridine rings is 1. The highest BCUT2D eigenvalue weighted by Gasteiger charge is 2.40. The molecule has 2 atom stereocenters. The molecule has 7 rings (SSSR count). The quantitative estimate of drug-likeness (QED) is 0.202. The number of amides is 2. The van der Waals surface area contributed by atoms with E-state index >= 15 is 0 Å². The van der Waals surface area contributed by atoms with Crippen molar-refractivity contribution in [1.82, 2.24) is 35.7 Å². The number of rotatable bonds is 13. The van der Waals surface area contributed by atoms with Crippen LogP contribution >= 0.6 is 0 Å². The van der Waals surface area contributed by atoms with Crippen molar-refractivity contribution in [2.45, 2.75) is 97.6 Å². The largest absolute Gasteiger partial charge is 0.446 e. The van der Waals surface area contributed by atoms with Gasteiger partial charge in [0.25, 0.3) is 11.8 Å². The molecule has 0 aromatic carbocycles. The number of nitrogens with zero attached hydrogens (tertiary/aromatic N) is 6. The molecule has 4 aliphatic rings. The second-order valence-electron chi connectivity index (χ2n) is 13.8. The Morgan fingerprint density at radius 3 is 2.28 bits per heavy atom. The highest BCUT2D eigenvalue weighted by molar-refractivity contribution is 6.12. The maximum absolute atomic E-state index is 13.5. The van der Waals surface area contributed by atoms with Crippen LogP contribution in [0.15, 0.2) is 44.1 Å². The van der Waals surface area contributed by atoms with Crippen molar-refractivity contribution in [2.24, 2.45) is 16.0 Å². The zero-order chi connectivity index (χ0) is 36.9. The van der Waals surface area contributed by atoms with Crippen molar-refractivity contribution < 1.29 is 23.5 Å². The molecule has 7 heterocycles. The average molecular weight is 729 g/mol. The molecule has 0 spiro atoms. The smallest absolute Gasteiger partial charge is 0.287 e. The van der Waals surface area contributed by atoms with Gasteiger partial charge >= 0.3 is 0 Å². The number of ether oxygens (including phenoxy) is 2. The van der Waals surface area contributed by atoms with Gasteiger partial charge in [-0.15, -0.1) is 0 Å². The van der Waals surface area contributed by atoms with Crippen molar-refractivity contribution >= 4 is 40.5 Å². The maximum Gasteiger partial charge on any atom is 0.287 e. The summed E-state index contributed by atoms with van der Waals surface area (Å²) >= 11 is 0. The molecule has 284 valence electrons. The molecule has 15 heteroatoms. The van der Waals surface area contributed by atoms with Crippen LogP contribution in [0.3, 0.4) is 0 Å². The molecule has 0 radical (unpaired) electrons. The van der Waals surface area contributed by atoms with E-state index in [2.05, 4.69) is 52.2 Å². The first-order valence-electron chi connectivity index (χ1n) is 19.2. The van der Waals surface area contributed by atoms with E-state index in [1.807, 2.05) is 29.0 Å². The minimum Gasteiger partial charge on any atom is -0.446 e. The second kappa shape index (κ2) is 16.5. The molecular formula is C38H52N10O5. The molecule has 2 saturated heterocycles. The number of anilines is 1. The zero-order valence-electron chi connectivity index (χ0n) is 31.2. The number of carbonyl (C=O) groups excluding carboxylic acids is 2. The Labute approximate surface area is 310 Å². The number of hydrazone groups is 1. The molecule has 53 heavy (non-hydrogen) atoms. The fraction of sp³-hybridized carbons (Fsp3) is 0.579. The topological polar surface area (TPSA) is 173 Å². The number of aromatic nitrogens is 3. The number of hydrogen-bond acceptors (Lipinski definition) is 12. The fourth-order valence-electron chi connectivity index (χ4n) is 7.66. The van der Waals surface area contributed by atoms with E-state index in [9.17, 15) is 9.59 Å². The van der Waals surface area contributed by atoms with Crippen LogP contribution in [0.4, 0.5) is 5.69 Å². The van der Waals surface area contributed by atoms with Crippen molar-refractivity contribution in [1.29, 1.82) is 0 Å². The molecule has 3 aromatic heterocycles. The van der Waals surface area contributed by atoms with Gasteiger partial charge in [0.15, 0.2) is 17.2 Å². The Hall–Kier alpha value is -4.76. The summed E-state index contributed by atoms with van der Waals surface area (Å²) in [5.41, 5.74) is 6.52. The Morgan fingerprint density at radius 1 is 0.925 bits per heavy atom. The molecule has 2 amide bonds. The molecule has 15 nitrogen and oxygen atoms in total. The first kappa shape index (κ1) is 36.6. The predicted molar refractivity (Wildman–Crippen MR) is 202 cm³/mol. The molecular weight excluding hydrogens is 676 g/mol. The molecule has 0 bridgehead atoms. The van der Waals surface area contributed by atoms with Crippen LogP contribution in [0.25, 0.3) is 11.0 Å². The first-order chi connectivity index (χ1) is 25.9. The van der Waals surface area contributed by atoms with E-state index in [4.69, 9.17) is 23.9 Å². The van der Waals surface area contributed by atoms with Gasteiger partial charge in [-0.3, -0.25) is 19.6 Å². The third kappa shape index (κ3) is 7.67. The van der Waals surface area contributed by atoms with Gasteiger partial charge in [-0.1, -0.05) is 13.8 Å². The number of aliphatic imine (C=N–C) groups is 1. The standard InChI is InChI=1S/C38H52N10O5/c1-5-29-25(33(43-23-11-15-51-16-12-23)27-21-41-47(7-3)35(27)45-29)19-39-37(49)31-9-10-32(53-31)38(50)40-20-26-30(6-2)46-36-28(22-42-48(36)8-4)34(26)44-24-13-17-52-18-14-24/h9-10,21-24,27,35,45H,5-8,11-20H2,1-4H3,(H,39,49)(H,40,50)(H,44,46). The summed E-state index contributed by atoms with van der Waals surface area (Å²) in [5, 5.41) is 25.7. The third-order valence-corrected chi connectivity index (χ3v) is 10.6. The average Bonchev–Trinajstić information content (AvgIpc) is 3.96. The Bertz CT molecular complexity index is 1880. The Balaban J connectivity index is 1.06. The highest BCUT2D eigenvalue weighted by atomic mass is 16.5. The summed E-state index contributed by atoms with van der Waals surface area (Å²) in [4.78, 5) is 37.2. The Morgan fingerprint density at radius 2 is 1.62 bits per heavy atom. The van der Waals surface area contributed by atoms with Crippen LogP contribution in [-0.2, 0) is 29.0 Å². The van der Waals surface area contributed by atoms with Gasteiger partial charge in [-0.25, -0.2) is 9.67 Å². The molecule has 4 aliphatic heterocycles. The van der Waals surface area contributed by atoms with E-state index < -0.39 is 11.8 Å². The lowest BCUT2D eigenvalue weighted by Gasteiger charge is -2.37. The number of nitrogens with one attached hydrogen (secondary N) is 4. The lowest BCUT2D eigenvalue weighted by molar-refractivity contribution is 0.0869. The van der Waals surface area contributed by atoms with Gasteiger partial charge < -0.3 is 35.2 Å². The van der Waals surface area contributed by atoms with Crippen LogP contribution in [0.2, 0.25) is 0 Å². The molecule has 4 N–H and O–H groups in total. The molecule has 0 aliphatic carbocycles. The number of allylic oxidation sites excluding steroid dienone is 1. The van der Waals surface area contributed by atoms with Crippen LogP contribution in [0.1, 0.15) is 92.2 Å². The van der Waals surface area contributed by atoms with Crippen LogP contribution < -0.4 is 21.3 Å². The predicted octanol–water partition coefficient (Wildman–Crippen LogP) is 4.01. The second-order valence-corrected chi connectivity index (χ2v) is 13.8. The van der Waals surface area contributed by atoms with Gasteiger partial charge in [0, 0.05) is 87.4 Å². The fourth-order valence-corrected chi connectivity index (χ4v) is 7.66. The minimum atomic E-state index is -0.419. The van der Waals surface area contributed by atoms with E-state index in [-0.39, 0.29) is 48.8 Å². The Kier molecular flexibility index (Phi) is 11.4. The maximum atomic E-state index is 13.5. The number of aryl methyl sites for hydroxylation is 2. The van der Waals surface area contributed by atoms with Crippen molar-refractivity contribution in [3.05, 3.63) is 52.4 Å². The summed E-state index contributed by atoms with van der Waals surface area (Å²) in [6.07, 6.45) is 8.74.